The van der Waals surface area contributed by atoms with E-state index in [1.807, 2.05) is 19.1 Å². The summed E-state index contributed by atoms with van der Waals surface area (Å²) < 4.78 is 13.7. The number of carbonyl (C=O) groups is 1. The van der Waals surface area contributed by atoms with Gasteiger partial charge in [0.1, 0.15) is 17.5 Å². The van der Waals surface area contributed by atoms with Crippen LogP contribution >= 0.6 is 11.6 Å². The third-order valence-corrected chi connectivity index (χ3v) is 3.29. The molecule has 0 saturated heterocycles. The van der Waals surface area contributed by atoms with Crippen molar-refractivity contribution in [2.75, 3.05) is 5.32 Å². The number of hydrogen-bond acceptors (Lipinski definition) is 2. The molecular formula is C17H12ClFN2O. The Morgan fingerprint density at radius 3 is 2.55 bits per heavy atom. The molecule has 0 atom stereocenters. The number of halogens is 2. The summed E-state index contributed by atoms with van der Waals surface area (Å²) in [7, 11) is 0. The second-order valence-corrected chi connectivity index (χ2v) is 5.03. The highest BCUT2D eigenvalue weighted by atomic mass is 35.5. The molecule has 0 heterocycles. The first kappa shape index (κ1) is 15.7. The van der Waals surface area contributed by atoms with Crippen LogP contribution in [0.5, 0.6) is 0 Å². The molecule has 0 aliphatic carbocycles. The van der Waals surface area contributed by atoms with Crippen LogP contribution < -0.4 is 5.32 Å². The first-order valence-corrected chi connectivity index (χ1v) is 6.83. The van der Waals surface area contributed by atoms with Gasteiger partial charge in [0.25, 0.3) is 5.91 Å². The Labute approximate surface area is 132 Å². The smallest absolute Gasteiger partial charge is 0.266 e. The molecule has 22 heavy (non-hydrogen) atoms. The van der Waals surface area contributed by atoms with E-state index >= 15 is 0 Å². The lowest BCUT2D eigenvalue weighted by Gasteiger charge is -2.05. The van der Waals surface area contributed by atoms with E-state index in [-0.39, 0.29) is 16.2 Å². The van der Waals surface area contributed by atoms with Gasteiger partial charge >= 0.3 is 0 Å². The van der Waals surface area contributed by atoms with Crippen molar-refractivity contribution in [2.45, 2.75) is 6.92 Å². The Morgan fingerprint density at radius 1 is 1.27 bits per heavy atom. The van der Waals surface area contributed by atoms with E-state index in [1.165, 1.54) is 18.2 Å². The van der Waals surface area contributed by atoms with E-state index in [0.29, 0.717) is 5.69 Å². The van der Waals surface area contributed by atoms with Gasteiger partial charge < -0.3 is 5.32 Å². The number of carbonyl (C=O) groups excluding carboxylic acids is 1. The maximum Gasteiger partial charge on any atom is 0.266 e. The van der Waals surface area contributed by atoms with Crippen molar-refractivity contribution in [2.24, 2.45) is 0 Å². The van der Waals surface area contributed by atoms with Gasteiger partial charge in [0, 0.05) is 11.3 Å². The molecule has 0 spiro atoms. The highest BCUT2D eigenvalue weighted by molar-refractivity contribution is 6.32. The van der Waals surface area contributed by atoms with Gasteiger partial charge in [-0.3, -0.25) is 4.79 Å². The Balaban J connectivity index is 2.28. The third kappa shape index (κ3) is 3.72. The molecule has 0 aromatic heterocycles. The lowest BCUT2D eigenvalue weighted by atomic mass is 10.1. The summed E-state index contributed by atoms with van der Waals surface area (Å²) in [6.45, 7) is 1.92. The van der Waals surface area contributed by atoms with Crippen LogP contribution in [0.25, 0.3) is 6.08 Å². The molecule has 0 saturated carbocycles. The standard InChI is InChI=1S/C17H12ClFN2O/c1-11-5-7-13(8-6-11)21-17(22)12(10-20)9-14-15(18)3-2-4-16(14)19/h2-9H,1H3,(H,21,22)/b12-9+. The zero-order valence-corrected chi connectivity index (χ0v) is 12.5. The molecule has 0 radical (unpaired) electrons. The first-order chi connectivity index (χ1) is 10.5. The molecule has 2 aromatic rings. The summed E-state index contributed by atoms with van der Waals surface area (Å²) in [6.07, 6.45) is 1.14. The Kier molecular flexibility index (Phi) is 4.92. The average molecular weight is 315 g/mol. The van der Waals surface area contributed by atoms with Gasteiger partial charge in [0.2, 0.25) is 0 Å². The highest BCUT2D eigenvalue weighted by Gasteiger charge is 2.12. The predicted octanol–water partition coefficient (Wildman–Crippen LogP) is 4.33. The van der Waals surface area contributed by atoms with Gasteiger partial charge in [-0.1, -0.05) is 35.4 Å². The van der Waals surface area contributed by atoms with E-state index in [2.05, 4.69) is 5.32 Å². The van der Waals surface area contributed by atoms with Crippen molar-refractivity contribution in [3.63, 3.8) is 0 Å². The monoisotopic (exact) mass is 314 g/mol. The van der Waals surface area contributed by atoms with Crippen molar-refractivity contribution in [3.05, 3.63) is 70.0 Å². The zero-order chi connectivity index (χ0) is 16.1. The SMILES string of the molecule is Cc1ccc(NC(=O)/C(C#N)=C/c2c(F)cccc2Cl)cc1. The Bertz CT molecular complexity index is 756. The van der Waals surface area contributed by atoms with Gasteiger partial charge in [-0.25, -0.2) is 4.39 Å². The Hall–Kier alpha value is -2.64. The molecule has 0 bridgehead atoms. The molecule has 0 fully saturated rings. The number of amides is 1. The van der Waals surface area contributed by atoms with Crippen molar-refractivity contribution in [1.29, 1.82) is 5.26 Å². The summed E-state index contributed by atoms with van der Waals surface area (Å²) in [5, 5.41) is 11.8. The molecule has 2 rings (SSSR count). The average Bonchev–Trinajstić information content (AvgIpc) is 2.49. The maximum absolute atomic E-state index is 13.7. The Morgan fingerprint density at radius 2 is 1.95 bits per heavy atom. The zero-order valence-electron chi connectivity index (χ0n) is 11.7. The molecule has 3 nitrogen and oxygen atoms in total. The van der Waals surface area contributed by atoms with Gasteiger partial charge in [0.15, 0.2) is 0 Å². The van der Waals surface area contributed by atoms with Crippen LogP contribution in [-0.4, -0.2) is 5.91 Å². The van der Waals surface area contributed by atoms with Crippen molar-refractivity contribution < 1.29 is 9.18 Å². The molecule has 5 heteroatoms. The molecule has 1 amide bonds. The van der Waals surface area contributed by atoms with Crippen LogP contribution in [0.3, 0.4) is 0 Å². The summed E-state index contributed by atoms with van der Waals surface area (Å²) in [6, 6.07) is 13.0. The second kappa shape index (κ2) is 6.88. The van der Waals surface area contributed by atoms with Gasteiger partial charge in [-0.15, -0.1) is 0 Å². The van der Waals surface area contributed by atoms with E-state index < -0.39 is 11.7 Å². The normalized spacial score (nSPS) is 10.9. The fraction of sp³-hybridized carbons (Fsp3) is 0.0588. The molecule has 0 unspecified atom stereocenters. The highest BCUT2D eigenvalue weighted by Crippen LogP contribution is 2.22. The van der Waals surface area contributed by atoms with Crippen LogP contribution in [0, 0.1) is 24.1 Å². The van der Waals surface area contributed by atoms with Crippen LogP contribution in [0.1, 0.15) is 11.1 Å². The lowest BCUT2D eigenvalue weighted by Crippen LogP contribution is -2.13. The number of aryl methyl sites for hydroxylation is 1. The van der Waals surface area contributed by atoms with Gasteiger partial charge in [0.05, 0.1) is 5.02 Å². The lowest BCUT2D eigenvalue weighted by molar-refractivity contribution is -0.112. The first-order valence-electron chi connectivity index (χ1n) is 6.45. The molecule has 0 aliphatic rings. The van der Waals surface area contributed by atoms with E-state index in [9.17, 15) is 9.18 Å². The summed E-state index contributed by atoms with van der Waals surface area (Å²) in [5.74, 6) is -1.21. The number of nitriles is 1. The summed E-state index contributed by atoms with van der Waals surface area (Å²) >= 11 is 5.89. The van der Waals surface area contributed by atoms with Gasteiger partial charge in [-0.05, 0) is 37.3 Å². The van der Waals surface area contributed by atoms with Crippen LogP contribution in [0.4, 0.5) is 10.1 Å². The molecule has 110 valence electrons. The molecule has 1 N–H and O–H groups in total. The summed E-state index contributed by atoms with van der Waals surface area (Å²) in [4.78, 5) is 12.1. The van der Waals surface area contributed by atoms with E-state index in [0.717, 1.165) is 11.6 Å². The minimum absolute atomic E-state index is 0.0137. The number of nitrogens with one attached hydrogen (secondary N) is 1. The molecule has 0 aliphatic heterocycles. The van der Waals surface area contributed by atoms with E-state index in [1.54, 1.807) is 18.2 Å². The van der Waals surface area contributed by atoms with Crippen molar-refractivity contribution in [3.8, 4) is 6.07 Å². The van der Waals surface area contributed by atoms with Crippen LogP contribution in [-0.2, 0) is 4.79 Å². The van der Waals surface area contributed by atoms with E-state index in [4.69, 9.17) is 16.9 Å². The van der Waals surface area contributed by atoms with Crippen molar-refractivity contribution >= 4 is 29.3 Å². The fourth-order valence-electron chi connectivity index (χ4n) is 1.78. The third-order valence-electron chi connectivity index (χ3n) is 2.96. The van der Waals surface area contributed by atoms with Crippen molar-refractivity contribution in [1.82, 2.24) is 0 Å². The molecule has 2 aromatic carbocycles. The second-order valence-electron chi connectivity index (χ2n) is 4.63. The number of benzene rings is 2. The van der Waals surface area contributed by atoms with Gasteiger partial charge in [-0.2, -0.15) is 5.26 Å². The number of anilines is 1. The number of rotatable bonds is 3. The van der Waals surface area contributed by atoms with Crippen LogP contribution in [0.15, 0.2) is 48.0 Å². The molecular weight excluding hydrogens is 303 g/mol. The fourth-order valence-corrected chi connectivity index (χ4v) is 1.99. The van der Waals surface area contributed by atoms with Crippen LogP contribution in [0.2, 0.25) is 5.02 Å². The quantitative estimate of drug-likeness (QED) is 0.677. The summed E-state index contributed by atoms with van der Waals surface area (Å²) in [5.41, 5.74) is 1.39. The predicted molar refractivity (Wildman–Crippen MR) is 84.8 cm³/mol. The minimum atomic E-state index is -0.620. The maximum atomic E-state index is 13.7. The number of nitrogens with zero attached hydrogens (tertiary/aromatic N) is 1. The largest absolute Gasteiger partial charge is 0.321 e. The number of hydrogen-bond donors (Lipinski definition) is 1. The minimum Gasteiger partial charge on any atom is -0.321 e. The topological polar surface area (TPSA) is 52.9 Å².